The van der Waals surface area contributed by atoms with Gasteiger partial charge in [-0.1, -0.05) is 24.3 Å². The van der Waals surface area contributed by atoms with Gasteiger partial charge in [0, 0.05) is 12.1 Å². The number of ether oxygens (including phenoxy) is 1. The van der Waals surface area contributed by atoms with E-state index in [1.54, 1.807) is 4.57 Å². The second-order valence-corrected chi connectivity index (χ2v) is 6.44. The Labute approximate surface area is 152 Å². The number of nitrogens with zero attached hydrogens (tertiary/aromatic N) is 3. The number of carbonyl (C=O) groups is 1. The largest absolute Gasteiger partial charge is 0.494 e. The van der Waals surface area contributed by atoms with Crippen LogP contribution in [0, 0.1) is 0 Å². The first-order valence-electron chi connectivity index (χ1n) is 8.59. The molecular formula is C20H23N3O3. The summed E-state index contributed by atoms with van der Waals surface area (Å²) in [6.07, 6.45) is 0.939. The van der Waals surface area contributed by atoms with Crippen molar-refractivity contribution < 1.29 is 14.6 Å². The zero-order chi connectivity index (χ0) is 18.5. The van der Waals surface area contributed by atoms with E-state index in [0.717, 1.165) is 35.3 Å². The van der Waals surface area contributed by atoms with Gasteiger partial charge in [0.2, 0.25) is 0 Å². The Morgan fingerprint density at radius 3 is 2.77 bits per heavy atom. The van der Waals surface area contributed by atoms with Crippen molar-refractivity contribution in [3.05, 3.63) is 48.5 Å². The van der Waals surface area contributed by atoms with Gasteiger partial charge in [-0.3, -0.25) is 4.79 Å². The molecule has 2 aromatic carbocycles. The summed E-state index contributed by atoms with van der Waals surface area (Å²) in [7, 11) is 4.07. The van der Waals surface area contributed by atoms with Crippen molar-refractivity contribution in [1.29, 1.82) is 0 Å². The fraction of sp³-hybridized carbons (Fsp3) is 0.300. The molecule has 3 aromatic rings. The van der Waals surface area contributed by atoms with Crippen LogP contribution in [0.5, 0.6) is 5.75 Å². The third-order valence-corrected chi connectivity index (χ3v) is 4.06. The van der Waals surface area contributed by atoms with Crippen molar-refractivity contribution in [2.75, 3.05) is 27.2 Å². The third-order valence-electron chi connectivity index (χ3n) is 4.06. The van der Waals surface area contributed by atoms with Crippen LogP contribution in [0.15, 0.2) is 48.5 Å². The molecule has 0 radical (unpaired) electrons. The Bertz CT molecular complexity index is 902. The van der Waals surface area contributed by atoms with Crippen molar-refractivity contribution in [2.24, 2.45) is 0 Å². The highest BCUT2D eigenvalue weighted by Crippen LogP contribution is 2.27. The van der Waals surface area contributed by atoms with E-state index in [9.17, 15) is 9.90 Å². The summed E-state index contributed by atoms with van der Waals surface area (Å²) in [4.78, 5) is 18.1. The summed E-state index contributed by atoms with van der Waals surface area (Å²) in [5, 5.41) is 9.28. The first-order chi connectivity index (χ1) is 12.5. The molecule has 26 heavy (non-hydrogen) atoms. The van der Waals surface area contributed by atoms with Gasteiger partial charge >= 0.3 is 5.97 Å². The number of para-hydroxylation sites is 2. The first-order valence-corrected chi connectivity index (χ1v) is 8.59. The number of aromatic nitrogens is 2. The van der Waals surface area contributed by atoms with Gasteiger partial charge in [-0.05, 0) is 44.8 Å². The smallest absolute Gasteiger partial charge is 0.323 e. The van der Waals surface area contributed by atoms with Crippen LogP contribution < -0.4 is 4.74 Å². The SMILES string of the molecule is CN(C)CCCOc1cccc(-c2nc3ccccc3n2CC(=O)O)c1. The molecule has 6 heteroatoms. The van der Waals surface area contributed by atoms with E-state index < -0.39 is 5.97 Å². The van der Waals surface area contributed by atoms with Crippen LogP contribution in [-0.2, 0) is 11.3 Å². The van der Waals surface area contributed by atoms with Crippen LogP contribution in [0.2, 0.25) is 0 Å². The molecule has 0 aliphatic carbocycles. The second-order valence-electron chi connectivity index (χ2n) is 6.44. The topological polar surface area (TPSA) is 67.6 Å². The molecule has 0 saturated carbocycles. The molecule has 1 aromatic heterocycles. The Morgan fingerprint density at radius 1 is 1.19 bits per heavy atom. The molecule has 6 nitrogen and oxygen atoms in total. The summed E-state index contributed by atoms with van der Waals surface area (Å²) in [6.45, 7) is 1.46. The van der Waals surface area contributed by atoms with Gasteiger partial charge in [0.1, 0.15) is 18.1 Å². The van der Waals surface area contributed by atoms with Crippen molar-refractivity contribution in [1.82, 2.24) is 14.5 Å². The molecule has 0 spiro atoms. The molecule has 0 bridgehead atoms. The Kier molecular flexibility index (Phi) is 5.53. The highest BCUT2D eigenvalue weighted by molar-refractivity contribution is 5.83. The lowest BCUT2D eigenvalue weighted by Crippen LogP contribution is -2.15. The minimum Gasteiger partial charge on any atom is -0.494 e. The van der Waals surface area contributed by atoms with Gasteiger partial charge < -0.3 is 19.3 Å². The number of carboxylic acid groups (broad SMARTS) is 1. The van der Waals surface area contributed by atoms with Crippen LogP contribution in [-0.4, -0.2) is 52.8 Å². The monoisotopic (exact) mass is 353 g/mol. The summed E-state index contributed by atoms with van der Waals surface area (Å²) in [6, 6.07) is 15.2. The van der Waals surface area contributed by atoms with Crippen molar-refractivity contribution >= 4 is 17.0 Å². The maximum atomic E-state index is 11.3. The quantitative estimate of drug-likeness (QED) is 0.630. The Hall–Kier alpha value is -2.86. The number of fused-ring (bicyclic) bond motifs is 1. The molecule has 3 rings (SSSR count). The number of carboxylic acids is 1. The number of rotatable bonds is 8. The second kappa shape index (κ2) is 8.01. The van der Waals surface area contributed by atoms with E-state index in [-0.39, 0.29) is 6.54 Å². The fourth-order valence-electron chi connectivity index (χ4n) is 2.89. The Balaban J connectivity index is 1.89. The molecule has 1 N–H and O–H groups in total. The molecule has 1 heterocycles. The summed E-state index contributed by atoms with van der Waals surface area (Å²) < 4.78 is 7.56. The van der Waals surface area contributed by atoms with Gasteiger partial charge in [-0.2, -0.15) is 0 Å². The third kappa shape index (κ3) is 4.21. The average Bonchev–Trinajstić information content (AvgIpc) is 2.97. The highest BCUT2D eigenvalue weighted by atomic mass is 16.5. The van der Waals surface area contributed by atoms with Crippen LogP contribution in [0.3, 0.4) is 0 Å². The number of hydrogen-bond acceptors (Lipinski definition) is 4. The number of imidazole rings is 1. The predicted molar refractivity (Wildman–Crippen MR) is 101 cm³/mol. The summed E-state index contributed by atoms with van der Waals surface area (Å²) in [5.41, 5.74) is 2.43. The van der Waals surface area contributed by atoms with E-state index in [0.29, 0.717) is 12.4 Å². The summed E-state index contributed by atoms with van der Waals surface area (Å²) >= 11 is 0. The molecular weight excluding hydrogens is 330 g/mol. The van der Waals surface area contributed by atoms with Crippen molar-refractivity contribution in [3.63, 3.8) is 0 Å². The normalized spacial score (nSPS) is 11.2. The van der Waals surface area contributed by atoms with Crippen LogP contribution in [0.4, 0.5) is 0 Å². The number of hydrogen-bond donors (Lipinski definition) is 1. The molecule has 0 amide bonds. The number of benzene rings is 2. The van der Waals surface area contributed by atoms with Crippen LogP contribution in [0.1, 0.15) is 6.42 Å². The molecule has 0 aliphatic rings. The van der Waals surface area contributed by atoms with Gasteiger partial charge in [0.25, 0.3) is 0 Å². The molecule has 0 fully saturated rings. The van der Waals surface area contributed by atoms with Crippen LogP contribution in [0.25, 0.3) is 22.4 Å². The van der Waals surface area contributed by atoms with E-state index >= 15 is 0 Å². The standard InChI is InChI=1S/C20H23N3O3/c1-22(2)11-6-12-26-16-8-5-7-15(13-16)20-21-17-9-3-4-10-18(17)23(20)14-19(24)25/h3-5,7-10,13H,6,11-12,14H2,1-2H3,(H,24,25). The van der Waals surface area contributed by atoms with Crippen LogP contribution >= 0.6 is 0 Å². The van der Waals surface area contributed by atoms with Gasteiger partial charge in [-0.15, -0.1) is 0 Å². The van der Waals surface area contributed by atoms with E-state index in [2.05, 4.69) is 9.88 Å². The summed E-state index contributed by atoms with van der Waals surface area (Å²) in [5.74, 6) is 0.494. The predicted octanol–water partition coefficient (Wildman–Crippen LogP) is 3.12. The van der Waals surface area contributed by atoms with Crippen molar-refractivity contribution in [2.45, 2.75) is 13.0 Å². The maximum absolute atomic E-state index is 11.3. The van der Waals surface area contributed by atoms with Gasteiger partial charge in [0.15, 0.2) is 0 Å². The van der Waals surface area contributed by atoms with Crippen molar-refractivity contribution in [3.8, 4) is 17.1 Å². The molecule has 0 atom stereocenters. The molecule has 0 aliphatic heterocycles. The highest BCUT2D eigenvalue weighted by Gasteiger charge is 2.15. The van der Waals surface area contributed by atoms with E-state index in [1.165, 1.54) is 0 Å². The first kappa shape index (κ1) is 17.9. The molecule has 0 saturated heterocycles. The average molecular weight is 353 g/mol. The van der Waals surface area contributed by atoms with E-state index in [1.807, 2.05) is 62.6 Å². The maximum Gasteiger partial charge on any atom is 0.323 e. The van der Waals surface area contributed by atoms with Gasteiger partial charge in [0.05, 0.1) is 17.6 Å². The molecule has 0 unspecified atom stereocenters. The minimum atomic E-state index is -0.898. The minimum absolute atomic E-state index is 0.135. The van der Waals surface area contributed by atoms with E-state index in [4.69, 9.17) is 4.74 Å². The lowest BCUT2D eigenvalue weighted by atomic mass is 10.2. The van der Waals surface area contributed by atoms with Gasteiger partial charge in [-0.25, -0.2) is 4.98 Å². The lowest BCUT2D eigenvalue weighted by molar-refractivity contribution is -0.137. The zero-order valence-electron chi connectivity index (χ0n) is 15.1. The molecule has 136 valence electrons. The number of aliphatic carboxylic acids is 1. The lowest BCUT2D eigenvalue weighted by Gasteiger charge is -2.11. The Morgan fingerprint density at radius 2 is 2.00 bits per heavy atom. The fourth-order valence-corrected chi connectivity index (χ4v) is 2.89. The zero-order valence-corrected chi connectivity index (χ0v) is 15.1.